The van der Waals surface area contributed by atoms with Gasteiger partial charge in [-0.1, -0.05) is 37.8 Å². The highest BCUT2D eigenvalue weighted by atomic mass is 16.5. The summed E-state index contributed by atoms with van der Waals surface area (Å²) in [4.78, 5) is 11.1. The number of fused-ring (bicyclic) bond motifs is 9. The number of hydrogen-bond donors (Lipinski definition) is 0. The van der Waals surface area contributed by atoms with Crippen LogP contribution in [-0.2, 0) is 9.53 Å². The molecule has 5 rings (SSSR count). The van der Waals surface area contributed by atoms with Crippen LogP contribution in [0, 0.1) is 41.4 Å². The molecule has 8 atom stereocenters. The molecule has 2 nitrogen and oxygen atoms in total. The maximum Gasteiger partial charge on any atom is 0.306 e. The molecule has 0 aromatic heterocycles. The van der Waals surface area contributed by atoms with Crippen LogP contribution >= 0.6 is 0 Å². The summed E-state index contributed by atoms with van der Waals surface area (Å²) in [6.45, 7) is 0. The first-order valence-corrected chi connectivity index (χ1v) is 10.7. The number of rotatable bonds is 7. The van der Waals surface area contributed by atoms with Gasteiger partial charge in [0.2, 0.25) is 0 Å². The van der Waals surface area contributed by atoms with Gasteiger partial charge >= 0.3 is 5.97 Å². The van der Waals surface area contributed by atoms with Gasteiger partial charge in [0.1, 0.15) is 6.10 Å². The standard InChI is InChI=1S/C22H32O2/c23-20-10-9-18(24-20)6-4-2-1-3-5-14-11-17-13-19(14)22-16-8-7-15(12-16)21(17)22/h7-8,14-19,21-22H,1-6,9-13H2. The molecule has 4 bridgehead atoms. The number of cyclic esters (lactones) is 1. The Labute approximate surface area is 146 Å². The van der Waals surface area contributed by atoms with Crippen LogP contribution in [0.3, 0.4) is 0 Å². The van der Waals surface area contributed by atoms with Crippen LogP contribution in [0.1, 0.15) is 70.6 Å². The van der Waals surface area contributed by atoms with Gasteiger partial charge < -0.3 is 4.74 Å². The second kappa shape index (κ2) is 6.18. The zero-order chi connectivity index (χ0) is 16.1. The van der Waals surface area contributed by atoms with Crippen molar-refractivity contribution in [3.05, 3.63) is 12.2 Å². The van der Waals surface area contributed by atoms with Gasteiger partial charge in [-0.3, -0.25) is 4.79 Å². The summed E-state index contributed by atoms with van der Waals surface area (Å²) < 4.78 is 5.30. The van der Waals surface area contributed by atoms with Gasteiger partial charge in [-0.05, 0) is 80.0 Å². The van der Waals surface area contributed by atoms with E-state index in [-0.39, 0.29) is 12.1 Å². The Morgan fingerprint density at radius 1 is 0.917 bits per heavy atom. The van der Waals surface area contributed by atoms with E-state index in [1.807, 2.05) is 0 Å². The van der Waals surface area contributed by atoms with Crippen molar-refractivity contribution in [2.75, 3.05) is 0 Å². The zero-order valence-corrected chi connectivity index (χ0v) is 14.9. The first-order chi connectivity index (χ1) is 11.8. The average molecular weight is 328 g/mol. The van der Waals surface area contributed by atoms with Crippen LogP contribution in [0.25, 0.3) is 0 Å². The lowest BCUT2D eigenvalue weighted by Gasteiger charge is -2.36. The third kappa shape index (κ3) is 2.56. The van der Waals surface area contributed by atoms with Gasteiger partial charge in [0.05, 0.1) is 0 Å². The summed E-state index contributed by atoms with van der Waals surface area (Å²) in [7, 11) is 0. The minimum absolute atomic E-state index is 0.0186. The Hall–Kier alpha value is -0.790. The summed E-state index contributed by atoms with van der Waals surface area (Å²) in [6, 6.07) is 0. The van der Waals surface area contributed by atoms with E-state index in [0.717, 1.165) is 54.3 Å². The number of esters is 1. The van der Waals surface area contributed by atoms with E-state index in [9.17, 15) is 4.79 Å². The van der Waals surface area contributed by atoms with Crippen molar-refractivity contribution >= 4 is 5.97 Å². The van der Waals surface area contributed by atoms with Gasteiger partial charge in [-0.15, -0.1) is 0 Å². The zero-order valence-electron chi connectivity index (χ0n) is 14.9. The molecule has 0 spiro atoms. The van der Waals surface area contributed by atoms with E-state index in [1.165, 1.54) is 38.5 Å². The predicted molar refractivity (Wildman–Crippen MR) is 94.2 cm³/mol. The molecule has 4 aliphatic carbocycles. The third-order valence-corrected chi connectivity index (χ3v) is 8.23. The first-order valence-electron chi connectivity index (χ1n) is 10.7. The molecular formula is C22H32O2. The van der Waals surface area contributed by atoms with Crippen molar-refractivity contribution in [3.8, 4) is 0 Å². The molecule has 0 N–H and O–H groups in total. The van der Waals surface area contributed by atoms with Crippen molar-refractivity contribution in [2.24, 2.45) is 41.4 Å². The quantitative estimate of drug-likeness (QED) is 0.280. The lowest BCUT2D eigenvalue weighted by molar-refractivity contribution is -0.141. The molecular weight excluding hydrogens is 296 g/mol. The molecule has 0 aromatic carbocycles. The highest BCUT2D eigenvalue weighted by molar-refractivity contribution is 5.71. The van der Waals surface area contributed by atoms with Crippen LogP contribution in [-0.4, -0.2) is 12.1 Å². The van der Waals surface area contributed by atoms with Crippen molar-refractivity contribution in [3.63, 3.8) is 0 Å². The maximum atomic E-state index is 11.1. The van der Waals surface area contributed by atoms with E-state index < -0.39 is 0 Å². The smallest absolute Gasteiger partial charge is 0.306 e. The molecule has 2 heteroatoms. The van der Waals surface area contributed by atoms with Crippen molar-refractivity contribution in [1.82, 2.24) is 0 Å². The lowest BCUT2D eigenvalue weighted by atomic mass is 9.68. The molecule has 24 heavy (non-hydrogen) atoms. The van der Waals surface area contributed by atoms with E-state index in [2.05, 4.69) is 12.2 Å². The first kappa shape index (κ1) is 15.5. The van der Waals surface area contributed by atoms with Crippen LogP contribution in [0.15, 0.2) is 12.2 Å². The summed E-state index contributed by atoms with van der Waals surface area (Å²) in [5.41, 5.74) is 0. The monoisotopic (exact) mass is 328 g/mol. The molecule has 132 valence electrons. The molecule has 1 aliphatic heterocycles. The normalized spacial score (nSPS) is 47.6. The van der Waals surface area contributed by atoms with Gasteiger partial charge in [0, 0.05) is 6.42 Å². The van der Waals surface area contributed by atoms with Crippen LogP contribution in [0.5, 0.6) is 0 Å². The molecule has 5 aliphatic rings. The lowest BCUT2D eigenvalue weighted by Crippen LogP contribution is -2.30. The fraction of sp³-hybridized carbons (Fsp3) is 0.864. The summed E-state index contributed by atoms with van der Waals surface area (Å²) in [6.07, 6.45) is 19.6. The minimum atomic E-state index is 0.0186. The van der Waals surface area contributed by atoms with E-state index in [4.69, 9.17) is 4.74 Å². The molecule has 8 unspecified atom stereocenters. The third-order valence-electron chi connectivity index (χ3n) is 8.23. The topological polar surface area (TPSA) is 26.3 Å². The fourth-order valence-corrected chi connectivity index (χ4v) is 7.40. The molecule has 4 fully saturated rings. The van der Waals surface area contributed by atoms with Gasteiger partial charge in [0.25, 0.3) is 0 Å². The minimum Gasteiger partial charge on any atom is -0.462 e. The van der Waals surface area contributed by atoms with Crippen molar-refractivity contribution < 1.29 is 9.53 Å². The van der Waals surface area contributed by atoms with Gasteiger partial charge in [0.15, 0.2) is 0 Å². The molecule has 0 aromatic rings. The maximum absolute atomic E-state index is 11.1. The number of unbranched alkanes of at least 4 members (excludes halogenated alkanes) is 3. The SMILES string of the molecule is O=C1CCC(CCCCCCC2CC3CC2C2C4C=CC(C4)C32)O1. The largest absolute Gasteiger partial charge is 0.462 e. The predicted octanol–water partition coefficient (Wildman–Crippen LogP) is 5.13. The number of carbonyl (C=O) groups is 1. The summed E-state index contributed by atoms with van der Waals surface area (Å²) >= 11 is 0. The highest BCUT2D eigenvalue weighted by Gasteiger charge is 2.60. The number of hydrogen-bond acceptors (Lipinski definition) is 2. The van der Waals surface area contributed by atoms with E-state index in [0.29, 0.717) is 6.42 Å². The van der Waals surface area contributed by atoms with Crippen molar-refractivity contribution in [1.29, 1.82) is 0 Å². The average Bonchev–Trinajstić information content (AvgIpc) is 3.35. The second-order valence-corrected chi connectivity index (χ2v) is 9.40. The Kier molecular flexibility index (Phi) is 3.98. The van der Waals surface area contributed by atoms with Crippen LogP contribution < -0.4 is 0 Å². The Morgan fingerprint density at radius 3 is 2.50 bits per heavy atom. The molecule has 0 radical (unpaired) electrons. The molecule has 0 amide bonds. The fourth-order valence-electron chi connectivity index (χ4n) is 7.40. The number of ether oxygens (including phenoxy) is 1. The highest BCUT2D eigenvalue weighted by Crippen LogP contribution is 2.67. The molecule has 1 saturated heterocycles. The Bertz CT molecular complexity index is 524. The Balaban J connectivity index is 1.01. The molecule has 3 saturated carbocycles. The van der Waals surface area contributed by atoms with Gasteiger partial charge in [-0.25, -0.2) is 0 Å². The van der Waals surface area contributed by atoms with Crippen LogP contribution in [0.4, 0.5) is 0 Å². The van der Waals surface area contributed by atoms with Crippen molar-refractivity contribution in [2.45, 2.75) is 76.7 Å². The summed E-state index contributed by atoms with van der Waals surface area (Å²) in [5.74, 6) is 7.36. The van der Waals surface area contributed by atoms with E-state index in [1.54, 1.807) is 12.8 Å². The number of allylic oxidation sites excluding steroid dienone is 2. The number of carbonyl (C=O) groups excluding carboxylic acids is 1. The Morgan fingerprint density at radius 2 is 1.71 bits per heavy atom. The summed E-state index contributed by atoms with van der Waals surface area (Å²) in [5, 5.41) is 0. The van der Waals surface area contributed by atoms with E-state index >= 15 is 0 Å². The molecule has 1 heterocycles. The second-order valence-electron chi connectivity index (χ2n) is 9.40. The van der Waals surface area contributed by atoms with Gasteiger partial charge in [-0.2, -0.15) is 0 Å². The van der Waals surface area contributed by atoms with Crippen LogP contribution in [0.2, 0.25) is 0 Å².